The van der Waals surface area contributed by atoms with Crippen LogP contribution < -0.4 is 16.2 Å². The Bertz CT molecular complexity index is 1210. The second-order valence-corrected chi connectivity index (χ2v) is 9.37. The van der Waals surface area contributed by atoms with Gasteiger partial charge < -0.3 is 24.7 Å². The predicted molar refractivity (Wildman–Crippen MR) is 114 cm³/mol. The number of nitrogens with two attached hydrogens (primary N) is 1. The van der Waals surface area contributed by atoms with Crippen molar-refractivity contribution in [3.05, 3.63) is 20.0 Å². The number of fused-ring (bicyclic) bond motifs is 1. The molecule has 4 atom stereocenters. The highest BCUT2D eigenvalue weighted by molar-refractivity contribution is 7.16. The third-order valence-corrected chi connectivity index (χ3v) is 5.57. The first-order valence-corrected chi connectivity index (χ1v) is 10.7. The summed E-state index contributed by atoms with van der Waals surface area (Å²) in [5.41, 5.74) is 4.09. The van der Waals surface area contributed by atoms with Crippen LogP contribution in [0.1, 0.15) is 40.8 Å². The summed E-state index contributed by atoms with van der Waals surface area (Å²) < 4.78 is 22.9. The van der Waals surface area contributed by atoms with Crippen LogP contribution in [0.3, 0.4) is 0 Å². The molecule has 2 aromatic rings. The van der Waals surface area contributed by atoms with Crippen LogP contribution in [-0.4, -0.2) is 57.4 Å². The fraction of sp³-hybridized carbons (Fsp3) is 0.579. The van der Waals surface area contributed by atoms with Crippen molar-refractivity contribution in [2.24, 2.45) is 5.41 Å². The highest BCUT2D eigenvalue weighted by Gasteiger charge is 2.52. The molecule has 0 aromatic carbocycles. The minimum atomic E-state index is -1.34. The van der Waals surface area contributed by atoms with Gasteiger partial charge in [-0.2, -0.15) is 4.98 Å². The SMILES string of the molecule is CC(=O)OC1[C@H](n2c(=O)sc3c(=O)[nH]c(N)nc32)O[C@H](COC(=O)C(C)(C)C)[C@H]1OC(C)=O. The molecule has 0 radical (unpaired) electrons. The normalized spacial score (nSPS) is 22.8. The predicted octanol–water partition coefficient (Wildman–Crippen LogP) is 0.0786. The molecule has 1 saturated heterocycles. The molecule has 0 spiro atoms. The van der Waals surface area contributed by atoms with Gasteiger partial charge in [0.2, 0.25) is 5.95 Å². The number of hydrogen-bond donors (Lipinski definition) is 2. The number of aromatic amines is 1. The van der Waals surface area contributed by atoms with E-state index in [1.807, 2.05) is 0 Å². The lowest BCUT2D eigenvalue weighted by molar-refractivity contribution is -0.167. The second-order valence-electron chi connectivity index (χ2n) is 8.40. The Kier molecular flexibility index (Phi) is 6.61. The second kappa shape index (κ2) is 8.94. The standard InChI is InChI=1S/C19H24N4O9S/c1-7(24)30-10-9(6-29-16(27)19(3,4)5)32-15(11(10)31-8(2)25)23-13-12(33-18(23)28)14(26)22-17(20)21-13/h9-11,15H,6H2,1-5H3,(H3,20,21,22,26)/t9-,10-,11?,15-/m1/s1. The van der Waals surface area contributed by atoms with Crippen molar-refractivity contribution in [3.63, 3.8) is 0 Å². The lowest BCUT2D eigenvalue weighted by atomic mass is 9.97. The first-order chi connectivity index (χ1) is 15.3. The van der Waals surface area contributed by atoms with Gasteiger partial charge in [-0.25, -0.2) is 0 Å². The molecule has 2 aromatic heterocycles. The van der Waals surface area contributed by atoms with Crippen molar-refractivity contribution >= 4 is 45.5 Å². The van der Waals surface area contributed by atoms with Crippen LogP contribution in [0.2, 0.25) is 0 Å². The number of nitrogens with one attached hydrogen (secondary N) is 1. The number of carbonyl (C=O) groups is 3. The van der Waals surface area contributed by atoms with Crippen molar-refractivity contribution in [1.82, 2.24) is 14.5 Å². The summed E-state index contributed by atoms with van der Waals surface area (Å²) in [6.07, 6.45) is -4.95. The van der Waals surface area contributed by atoms with Gasteiger partial charge in [-0.1, -0.05) is 11.3 Å². The number of thiazole rings is 1. The maximum absolute atomic E-state index is 12.8. The van der Waals surface area contributed by atoms with Gasteiger partial charge in [0, 0.05) is 13.8 Å². The van der Waals surface area contributed by atoms with Gasteiger partial charge in [0.1, 0.15) is 17.4 Å². The molecule has 1 unspecified atom stereocenters. The number of H-pyrrole nitrogens is 1. The quantitative estimate of drug-likeness (QED) is 0.433. The summed E-state index contributed by atoms with van der Waals surface area (Å²) in [5, 5.41) is 0. The molecule has 3 heterocycles. The number of hydrogen-bond acceptors (Lipinski definition) is 12. The molecule has 3 N–H and O–H groups in total. The first kappa shape index (κ1) is 24.4. The third-order valence-electron chi connectivity index (χ3n) is 4.63. The van der Waals surface area contributed by atoms with Gasteiger partial charge in [0.25, 0.3) is 5.56 Å². The highest BCUT2D eigenvalue weighted by Crippen LogP contribution is 2.35. The van der Waals surface area contributed by atoms with Crippen LogP contribution in [0.25, 0.3) is 10.3 Å². The van der Waals surface area contributed by atoms with Crippen LogP contribution in [0.4, 0.5) is 5.95 Å². The number of nitrogen functional groups attached to an aromatic ring is 1. The molecular formula is C19H24N4O9S. The minimum absolute atomic E-state index is 0.0222. The maximum atomic E-state index is 12.8. The van der Waals surface area contributed by atoms with E-state index in [0.29, 0.717) is 11.3 Å². The van der Waals surface area contributed by atoms with Crippen LogP contribution in [0.5, 0.6) is 0 Å². The number of rotatable bonds is 5. The van der Waals surface area contributed by atoms with Gasteiger partial charge in [0.05, 0.1) is 5.41 Å². The summed E-state index contributed by atoms with van der Waals surface area (Å²) >= 11 is 0.592. The van der Waals surface area contributed by atoms with E-state index in [2.05, 4.69) is 9.97 Å². The summed E-state index contributed by atoms with van der Waals surface area (Å²) in [4.78, 5) is 66.5. The monoisotopic (exact) mass is 484 g/mol. The Morgan fingerprint density at radius 1 is 1.15 bits per heavy atom. The van der Waals surface area contributed by atoms with E-state index in [9.17, 15) is 24.0 Å². The van der Waals surface area contributed by atoms with Crippen LogP contribution in [0, 0.1) is 5.41 Å². The molecule has 0 aliphatic carbocycles. The smallest absolute Gasteiger partial charge is 0.311 e. The zero-order valence-corrected chi connectivity index (χ0v) is 19.4. The lowest BCUT2D eigenvalue weighted by Gasteiger charge is -2.24. The summed E-state index contributed by atoms with van der Waals surface area (Å²) in [5.74, 6) is -2.24. The Labute approximate surface area is 190 Å². The van der Waals surface area contributed by atoms with E-state index in [1.165, 1.54) is 0 Å². The topological polar surface area (TPSA) is 182 Å². The van der Waals surface area contributed by atoms with E-state index in [0.717, 1.165) is 18.4 Å². The van der Waals surface area contributed by atoms with Crippen molar-refractivity contribution in [2.45, 2.75) is 59.2 Å². The van der Waals surface area contributed by atoms with E-state index in [-0.39, 0.29) is 22.9 Å². The summed E-state index contributed by atoms with van der Waals surface area (Å²) in [6.45, 7) is 6.89. The highest BCUT2D eigenvalue weighted by atomic mass is 32.1. The van der Waals surface area contributed by atoms with Gasteiger partial charge in [0.15, 0.2) is 24.1 Å². The largest absolute Gasteiger partial charge is 0.462 e. The Balaban J connectivity index is 2.07. The third kappa shape index (κ3) is 5.06. The Hall–Kier alpha value is -3.26. The van der Waals surface area contributed by atoms with Crippen molar-refractivity contribution in [2.75, 3.05) is 12.3 Å². The summed E-state index contributed by atoms with van der Waals surface area (Å²) in [7, 11) is 0. The van der Waals surface area contributed by atoms with Gasteiger partial charge in [-0.3, -0.25) is 33.5 Å². The molecule has 1 aliphatic rings. The molecule has 33 heavy (non-hydrogen) atoms. The van der Waals surface area contributed by atoms with Crippen molar-refractivity contribution < 1.29 is 33.3 Å². The number of aromatic nitrogens is 3. The number of anilines is 1. The molecule has 14 heteroatoms. The molecule has 0 amide bonds. The number of esters is 3. The summed E-state index contributed by atoms with van der Waals surface area (Å²) in [6, 6.07) is 0. The average molecular weight is 484 g/mol. The van der Waals surface area contributed by atoms with E-state index in [1.54, 1.807) is 20.8 Å². The van der Waals surface area contributed by atoms with Crippen LogP contribution in [-0.2, 0) is 33.3 Å². The van der Waals surface area contributed by atoms with Crippen LogP contribution >= 0.6 is 11.3 Å². The molecule has 1 fully saturated rings. The number of ether oxygens (including phenoxy) is 4. The van der Waals surface area contributed by atoms with Gasteiger partial charge in [-0.05, 0) is 20.8 Å². The van der Waals surface area contributed by atoms with E-state index < -0.39 is 58.3 Å². The molecule has 1 aliphatic heterocycles. The minimum Gasteiger partial charge on any atom is -0.462 e. The van der Waals surface area contributed by atoms with Gasteiger partial charge >= 0.3 is 22.8 Å². The molecule has 0 saturated carbocycles. The molecule has 3 rings (SSSR count). The molecule has 180 valence electrons. The number of carbonyl (C=O) groups excluding carboxylic acids is 3. The molecule has 0 bridgehead atoms. The van der Waals surface area contributed by atoms with E-state index in [4.69, 9.17) is 24.7 Å². The maximum Gasteiger partial charge on any atom is 0.311 e. The Morgan fingerprint density at radius 3 is 2.33 bits per heavy atom. The van der Waals surface area contributed by atoms with Gasteiger partial charge in [-0.15, -0.1) is 0 Å². The molecular weight excluding hydrogens is 460 g/mol. The number of nitrogens with zero attached hydrogens (tertiary/aromatic N) is 2. The fourth-order valence-corrected chi connectivity index (χ4v) is 4.09. The Morgan fingerprint density at radius 2 is 1.76 bits per heavy atom. The first-order valence-electron chi connectivity index (χ1n) is 9.87. The molecule has 13 nitrogen and oxygen atoms in total. The van der Waals surface area contributed by atoms with Crippen molar-refractivity contribution in [3.8, 4) is 0 Å². The van der Waals surface area contributed by atoms with E-state index >= 15 is 0 Å². The average Bonchev–Trinajstić information content (AvgIpc) is 3.15. The zero-order valence-electron chi connectivity index (χ0n) is 18.6. The zero-order chi connectivity index (χ0) is 24.7. The lowest BCUT2D eigenvalue weighted by Crippen LogP contribution is -2.41. The van der Waals surface area contributed by atoms with Crippen molar-refractivity contribution in [1.29, 1.82) is 0 Å². The fourth-order valence-electron chi connectivity index (χ4n) is 3.25. The van der Waals surface area contributed by atoms with Crippen LogP contribution in [0.15, 0.2) is 9.59 Å².